The SMILES string of the molecule is CC[C@H]1OC(=O)[C@H](C)[C@@H](OC(=O)N2C(=O)OC[C@@H]2C)[C@H](C)[C@@H](O[C@@H]2O[C@H](C)C[C@H](N(CC3CC3)CC3CC3)[C@H]2O)[C@@](C)(OC)C[C@@H](C)C(=O)[C@H](C)[C@H]2N(CCc3ccc(F)cc3)C(=O)O[C@]12C. The lowest BCUT2D eigenvalue weighted by molar-refractivity contribution is -0.302. The first-order valence-electron chi connectivity index (χ1n) is 24.6. The Morgan fingerprint density at radius 1 is 0.940 bits per heavy atom. The van der Waals surface area contributed by atoms with Crippen molar-refractivity contribution in [2.45, 2.75) is 180 Å². The van der Waals surface area contributed by atoms with Crippen molar-refractivity contribution in [2.24, 2.45) is 35.5 Å². The van der Waals surface area contributed by atoms with Crippen molar-refractivity contribution in [3.8, 4) is 0 Å². The molecule has 4 saturated heterocycles. The summed E-state index contributed by atoms with van der Waals surface area (Å²) in [6.45, 7) is 17.5. The van der Waals surface area contributed by atoms with E-state index in [4.69, 9.17) is 33.2 Å². The highest BCUT2D eigenvalue weighted by atomic mass is 19.1. The molecule has 0 unspecified atom stereocenters. The van der Waals surface area contributed by atoms with Gasteiger partial charge >= 0.3 is 24.2 Å². The molecule has 3 amide bonds. The number of benzene rings is 1. The van der Waals surface area contributed by atoms with E-state index >= 15 is 4.79 Å². The highest BCUT2D eigenvalue weighted by Crippen LogP contribution is 2.45. The van der Waals surface area contributed by atoms with E-state index in [1.54, 1.807) is 67.5 Å². The number of esters is 1. The van der Waals surface area contributed by atoms with Crippen LogP contribution in [0, 0.1) is 41.3 Å². The molecule has 4 aliphatic heterocycles. The summed E-state index contributed by atoms with van der Waals surface area (Å²) in [6.07, 6.45) is -3.00. The minimum absolute atomic E-state index is 0.0457. The Kier molecular flexibility index (Phi) is 15.7. The number of hydrogen-bond acceptors (Lipinski definition) is 14. The van der Waals surface area contributed by atoms with Crippen LogP contribution in [0.3, 0.4) is 0 Å². The Hall–Kier alpha value is -3.90. The van der Waals surface area contributed by atoms with Gasteiger partial charge in [-0.05, 0) is 116 Å². The molecule has 16 nitrogen and oxygen atoms in total. The number of carbonyl (C=O) groups excluding carboxylic acids is 5. The van der Waals surface area contributed by atoms with Gasteiger partial charge in [-0.2, -0.15) is 0 Å². The maximum atomic E-state index is 15.0. The molecule has 0 aromatic heterocycles. The lowest BCUT2D eigenvalue weighted by Gasteiger charge is -2.49. The number of fused-ring (bicyclic) bond motifs is 1. The van der Waals surface area contributed by atoms with E-state index in [2.05, 4.69) is 4.90 Å². The van der Waals surface area contributed by atoms with Crippen LogP contribution in [-0.2, 0) is 49.2 Å². The summed E-state index contributed by atoms with van der Waals surface area (Å²) in [5, 5.41) is 12.3. The van der Waals surface area contributed by atoms with Gasteiger partial charge in [0.25, 0.3) is 0 Å². The summed E-state index contributed by atoms with van der Waals surface area (Å²) < 4.78 is 57.8. The van der Waals surface area contributed by atoms with E-state index in [1.165, 1.54) is 24.1 Å². The van der Waals surface area contributed by atoms with E-state index in [0.29, 0.717) is 24.7 Å². The summed E-state index contributed by atoms with van der Waals surface area (Å²) in [6, 6.07) is 4.11. The Morgan fingerprint density at radius 2 is 1.58 bits per heavy atom. The zero-order chi connectivity index (χ0) is 48.7. The largest absolute Gasteiger partial charge is 0.458 e. The number of aliphatic hydroxyl groups excluding tert-OH is 1. The maximum absolute atomic E-state index is 15.0. The molecule has 0 spiro atoms. The van der Waals surface area contributed by atoms with Crippen molar-refractivity contribution < 1.29 is 66.6 Å². The fourth-order valence-corrected chi connectivity index (χ4v) is 11.4. The van der Waals surface area contributed by atoms with Gasteiger partial charge in [0.1, 0.15) is 36.5 Å². The Labute approximate surface area is 394 Å². The number of ketones is 1. The molecule has 67 heavy (non-hydrogen) atoms. The number of Topliss-reactive ketones (excluding diaryl/α,β-unsaturated/α-hetero) is 1. The van der Waals surface area contributed by atoms with Gasteiger partial charge in [-0.15, -0.1) is 0 Å². The second-order valence-electron chi connectivity index (χ2n) is 21.0. The monoisotopic (exact) mass is 944 g/mol. The van der Waals surface area contributed by atoms with Crippen LogP contribution in [0.4, 0.5) is 18.8 Å². The Bertz CT molecular complexity index is 1940. The molecule has 15 atom stereocenters. The van der Waals surface area contributed by atoms with Gasteiger partial charge in [-0.1, -0.05) is 39.8 Å². The van der Waals surface area contributed by atoms with Gasteiger partial charge in [-0.3, -0.25) is 19.4 Å². The van der Waals surface area contributed by atoms with E-state index < -0.39 is 108 Å². The fraction of sp³-hybridized carbons (Fsp3) is 0.780. The molecule has 0 radical (unpaired) electrons. The number of aliphatic hydroxyl groups is 1. The summed E-state index contributed by atoms with van der Waals surface area (Å²) in [7, 11) is 1.49. The number of halogens is 1. The molecule has 4 heterocycles. The van der Waals surface area contributed by atoms with Gasteiger partial charge in [0.15, 0.2) is 11.9 Å². The lowest BCUT2D eigenvalue weighted by atomic mass is 9.73. The van der Waals surface area contributed by atoms with Crippen molar-refractivity contribution in [3.05, 3.63) is 35.6 Å². The van der Waals surface area contributed by atoms with Gasteiger partial charge in [0.2, 0.25) is 0 Å². The Balaban J connectivity index is 1.28. The van der Waals surface area contributed by atoms with Crippen LogP contribution in [0.2, 0.25) is 0 Å². The first kappa shape index (κ1) is 51.0. The van der Waals surface area contributed by atoms with Crippen molar-refractivity contribution in [1.29, 1.82) is 0 Å². The number of cyclic esters (lactones) is 2. The van der Waals surface area contributed by atoms with Crippen LogP contribution in [0.1, 0.15) is 113 Å². The number of amides is 3. The van der Waals surface area contributed by atoms with Gasteiger partial charge in [0.05, 0.1) is 35.8 Å². The highest BCUT2D eigenvalue weighted by molar-refractivity contribution is 5.90. The van der Waals surface area contributed by atoms with Crippen molar-refractivity contribution in [1.82, 2.24) is 14.7 Å². The number of carbonyl (C=O) groups is 5. The second-order valence-corrected chi connectivity index (χ2v) is 21.0. The number of methoxy groups -OCH3 is 1. The van der Waals surface area contributed by atoms with Crippen molar-refractivity contribution in [2.75, 3.05) is 33.4 Å². The number of hydrogen-bond donors (Lipinski definition) is 1. The molecule has 0 bridgehead atoms. The van der Waals surface area contributed by atoms with E-state index in [9.17, 15) is 28.7 Å². The number of rotatable bonds is 13. The normalized spacial score (nSPS) is 38.9. The van der Waals surface area contributed by atoms with Crippen LogP contribution < -0.4 is 0 Å². The quantitative estimate of drug-likeness (QED) is 0.159. The second kappa shape index (κ2) is 20.6. The fourth-order valence-electron chi connectivity index (χ4n) is 11.4. The summed E-state index contributed by atoms with van der Waals surface area (Å²) in [5.74, 6) is -4.01. The van der Waals surface area contributed by atoms with Crippen molar-refractivity contribution >= 4 is 30.0 Å². The Morgan fingerprint density at radius 3 is 2.15 bits per heavy atom. The first-order valence-corrected chi connectivity index (χ1v) is 24.6. The average molecular weight is 944 g/mol. The molecular formula is C50H74FN3O13. The minimum atomic E-state index is -1.53. The summed E-state index contributed by atoms with van der Waals surface area (Å²) >= 11 is 0. The molecule has 6 aliphatic rings. The molecule has 7 rings (SSSR count). The molecule has 1 aromatic carbocycles. The highest BCUT2D eigenvalue weighted by Gasteiger charge is 2.61. The number of ether oxygens (including phenoxy) is 7. The zero-order valence-electron chi connectivity index (χ0n) is 41.0. The molecule has 17 heteroatoms. The molecule has 1 N–H and O–H groups in total. The summed E-state index contributed by atoms with van der Waals surface area (Å²) in [5.41, 5.74) is -2.14. The lowest BCUT2D eigenvalue weighted by Crippen LogP contribution is -2.62. The predicted octanol–water partition coefficient (Wildman–Crippen LogP) is 6.91. The van der Waals surface area contributed by atoms with Crippen LogP contribution in [0.25, 0.3) is 0 Å². The third-order valence-electron chi connectivity index (χ3n) is 15.6. The predicted molar refractivity (Wildman–Crippen MR) is 241 cm³/mol. The van der Waals surface area contributed by atoms with Crippen LogP contribution in [0.15, 0.2) is 24.3 Å². The van der Waals surface area contributed by atoms with E-state index in [1.807, 2.05) is 6.92 Å². The molecular weight excluding hydrogens is 870 g/mol. The van der Waals surface area contributed by atoms with Crippen LogP contribution in [-0.4, -0.2) is 149 Å². The number of nitrogens with zero attached hydrogens (tertiary/aromatic N) is 3. The molecule has 374 valence electrons. The maximum Gasteiger partial charge on any atom is 0.419 e. The van der Waals surface area contributed by atoms with E-state index in [0.717, 1.165) is 49.2 Å². The molecule has 2 aliphatic carbocycles. The minimum Gasteiger partial charge on any atom is -0.458 e. The van der Waals surface area contributed by atoms with Crippen LogP contribution >= 0.6 is 0 Å². The third kappa shape index (κ3) is 11.0. The smallest absolute Gasteiger partial charge is 0.419 e. The molecule has 1 aromatic rings. The first-order chi connectivity index (χ1) is 31.7. The third-order valence-corrected chi connectivity index (χ3v) is 15.6. The van der Waals surface area contributed by atoms with Gasteiger partial charge < -0.3 is 38.3 Å². The van der Waals surface area contributed by atoms with Crippen molar-refractivity contribution in [3.63, 3.8) is 0 Å². The average Bonchev–Trinajstić information content (AvgIpc) is 4.23. The zero-order valence-corrected chi connectivity index (χ0v) is 41.0. The van der Waals surface area contributed by atoms with Crippen LogP contribution in [0.5, 0.6) is 0 Å². The van der Waals surface area contributed by atoms with E-state index in [-0.39, 0.29) is 43.9 Å². The molecule has 2 saturated carbocycles. The van der Waals surface area contributed by atoms with Gasteiger partial charge in [-0.25, -0.2) is 23.7 Å². The summed E-state index contributed by atoms with van der Waals surface area (Å²) in [4.78, 5) is 75.6. The molecule has 6 fully saturated rings. The standard InChI is InChI=1S/C50H74FN3O13/c1-11-38-50(9)42(53(46(58)67-50)21-20-33-16-18-36(51)19-17-33)30(5)39(55)27(2)23-49(8,61-10)43(31(6)41(32(7)44(57)64-38)65-48(60)54-28(3)26-62-47(54)59)66-45-40(56)37(22-29(4)63-45)52(24-34-12-13-34)25-35-14-15-35/h16-19,27-32,34-35,37-38,40-43,45,56H,11-15,20-26H2,1-10H3/t27-,28+,29-,30+,31+,32-,37+,38-,40-,41+,42-,43-,45+,49+,50-/m1/s1. The topological polar surface area (TPSA) is 180 Å². The van der Waals surface area contributed by atoms with Gasteiger partial charge in [0, 0.05) is 50.5 Å². The number of imide groups is 1.